The van der Waals surface area contributed by atoms with Gasteiger partial charge in [-0.3, -0.25) is 14.4 Å². The lowest BCUT2D eigenvalue weighted by molar-refractivity contribution is -0.143. The minimum atomic E-state index is -0.772. The van der Waals surface area contributed by atoms with E-state index in [1.54, 1.807) is 19.2 Å². The quantitative estimate of drug-likeness (QED) is 0.214. The molecule has 38 heavy (non-hydrogen) atoms. The van der Waals surface area contributed by atoms with Gasteiger partial charge in [0.05, 0.1) is 12.8 Å². The van der Waals surface area contributed by atoms with Gasteiger partial charge in [0, 0.05) is 22.2 Å². The zero-order valence-corrected chi connectivity index (χ0v) is 22.6. The molecule has 0 aliphatic rings. The Labute approximate surface area is 223 Å². The first kappa shape index (κ1) is 28.4. The van der Waals surface area contributed by atoms with Crippen LogP contribution in [0.25, 0.3) is 10.9 Å². The van der Waals surface area contributed by atoms with Crippen molar-refractivity contribution in [3.63, 3.8) is 0 Å². The molecule has 0 aliphatic heterocycles. The van der Waals surface area contributed by atoms with Gasteiger partial charge in [-0.25, -0.2) is 5.43 Å². The summed E-state index contributed by atoms with van der Waals surface area (Å²) in [7, 11) is 0. The van der Waals surface area contributed by atoms with Crippen LogP contribution in [0.3, 0.4) is 0 Å². The number of carbonyl (C=O) groups excluding carboxylic acids is 3. The van der Waals surface area contributed by atoms with Crippen molar-refractivity contribution in [3.8, 4) is 5.75 Å². The van der Waals surface area contributed by atoms with Crippen molar-refractivity contribution in [1.29, 1.82) is 0 Å². The van der Waals surface area contributed by atoms with Gasteiger partial charge in [-0.15, -0.1) is 0 Å². The van der Waals surface area contributed by atoms with E-state index in [9.17, 15) is 14.4 Å². The highest BCUT2D eigenvalue weighted by Crippen LogP contribution is 2.24. The molecule has 1 atom stereocenters. The Morgan fingerprint density at radius 2 is 1.76 bits per heavy atom. The SMILES string of the molecule is CCOC(=O)Cn1c(C)c(/C=N\NC(=O)[C@H](CC(C)C)NC(=O)COc2ccccc2C)c2ccccc21. The second-order valence-corrected chi connectivity index (χ2v) is 9.45. The first-order chi connectivity index (χ1) is 18.2. The standard InChI is InChI=1S/C29H36N4O5/c1-6-37-28(35)17-33-21(5)23(22-12-8-9-13-25(22)33)16-30-32-29(36)24(15-19(2)3)31-27(34)18-38-26-14-10-7-11-20(26)4/h7-14,16,19,24H,6,15,17-18H2,1-5H3,(H,31,34)(H,32,36)/b30-16-/t24-/m0/s1. The van der Waals surface area contributed by atoms with Crippen molar-refractivity contribution in [2.45, 2.75) is 53.6 Å². The highest BCUT2D eigenvalue weighted by Gasteiger charge is 2.22. The molecule has 1 heterocycles. The first-order valence-corrected chi connectivity index (χ1v) is 12.7. The number of fused-ring (bicyclic) bond motifs is 1. The molecule has 0 fully saturated rings. The average molecular weight is 521 g/mol. The fourth-order valence-corrected chi connectivity index (χ4v) is 4.20. The fourth-order valence-electron chi connectivity index (χ4n) is 4.20. The predicted octanol–water partition coefficient (Wildman–Crippen LogP) is 3.88. The molecule has 0 spiro atoms. The minimum absolute atomic E-state index is 0.0768. The van der Waals surface area contributed by atoms with Gasteiger partial charge in [0.1, 0.15) is 18.3 Å². The van der Waals surface area contributed by atoms with Crippen LogP contribution in [-0.4, -0.2) is 47.8 Å². The number of amides is 2. The van der Waals surface area contributed by atoms with Crippen LogP contribution < -0.4 is 15.5 Å². The summed E-state index contributed by atoms with van der Waals surface area (Å²) in [4.78, 5) is 37.6. The molecule has 0 saturated heterocycles. The Morgan fingerprint density at radius 1 is 1.05 bits per heavy atom. The largest absolute Gasteiger partial charge is 0.484 e. The number of ether oxygens (including phenoxy) is 2. The smallest absolute Gasteiger partial charge is 0.325 e. The third-order valence-electron chi connectivity index (χ3n) is 6.05. The summed E-state index contributed by atoms with van der Waals surface area (Å²) in [6, 6.07) is 14.3. The minimum Gasteiger partial charge on any atom is -0.484 e. The van der Waals surface area contributed by atoms with Crippen molar-refractivity contribution < 1.29 is 23.9 Å². The molecule has 1 aromatic heterocycles. The summed E-state index contributed by atoms with van der Waals surface area (Å²) in [5, 5.41) is 7.84. The number of hydrogen-bond donors (Lipinski definition) is 2. The lowest BCUT2D eigenvalue weighted by atomic mass is 10.0. The Balaban J connectivity index is 1.70. The van der Waals surface area contributed by atoms with Crippen LogP contribution in [0.2, 0.25) is 0 Å². The number of benzene rings is 2. The van der Waals surface area contributed by atoms with Gasteiger partial charge in [-0.05, 0) is 50.8 Å². The molecule has 2 aromatic carbocycles. The number of rotatable bonds is 12. The Morgan fingerprint density at radius 3 is 2.47 bits per heavy atom. The van der Waals surface area contributed by atoms with Crippen molar-refractivity contribution in [1.82, 2.24) is 15.3 Å². The fraction of sp³-hybridized carbons (Fsp3) is 0.379. The van der Waals surface area contributed by atoms with Crippen LogP contribution in [0.4, 0.5) is 0 Å². The van der Waals surface area contributed by atoms with E-state index in [1.165, 1.54) is 0 Å². The number of aromatic nitrogens is 1. The number of esters is 1. The highest BCUT2D eigenvalue weighted by atomic mass is 16.5. The Hall–Kier alpha value is -4.14. The lowest BCUT2D eigenvalue weighted by Gasteiger charge is -2.19. The topological polar surface area (TPSA) is 111 Å². The number of aryl methyl sites for hydroxylation is 1. The molecule has 3 aromatic rings. The number of nitrogens with one attached hydrogen (secondary N) is 2. The zero-order chi connectivity index (χ0) is 27.7. The van der Waals surface area contributed by atoms with Crippen molar-refractivity contribution >= 4 is 34.9 Å². The molecule has 0 bridgehead atoms. The molecule has 3 rings (SSSR count). The van der Waals surface area contributed by atoms with E-state index in [1.807, 2.05) is 74.7 Å². The van der Waals surface area contributed by atoms with E-state index >= 15 is 0 Å². The van der Waals surface area contributed by atoms with Crippen LogP contribution in [-0.2, 0) is 25.7 Å². The van der Waals surface area contributed by atoms with Crippen molar-refractivity contribution in [3.05, 3.63) is 65.4 Å². The van der Waals surface area contributed by atoms with E-state index in [0.29, 0.717) is 18.8 Å². The van der Waals surface area contributed by atoms with Crippen molar-refractivity contribution in [2.24, 2.45) is 11.0 Å². The molecule has 0 saturated carbocycles. The van der Waals surface area contributed by atoms with E-state index in [0.717, 1.165) is 27.7 Å². The maximum atomic E-state index is 13.0. The Kier molecular flexibility index (Phi) is 10.0. The maximum Gasteiger partial charge on any atom is 0.325 e. The predicted molar refractivity (Wildman–Crippen MR) is 147 cm³/mol. The first-order valence-electron chi connectivity index (χ1n) is 12.7. The summed E-state index contributed by atoms with van der Waals surface area (Å²) in [5.41, 5.74) is 5.94. The van der Waals surface area contributed by atoms with Gasteiger partial charge in [-0.2, -0.15) is 5.10 Å². The van der Waals surface area contributed by atoms with Gasteiger partial charge < -0.3 is 19.4 Å². The van der Waals surface area contributed by atoms with Crippen LogP contribution in [0.1, 0.15) is 44.0 Å². The number of para-hydroxylation sites is 2. The number of nitrogens with zero attached hydrogens (tertiary/aromatic N) is 2. The molecule has 9 heteroatoms. The van der Waals surface area contributed by atoms with Crippen LogP contribution in [0.5, 0.6) is 5.75 Å². The normalized spacial score (nSPS) is 12.1. The lowest BCUT2D eigenvalue weighted by Crippen LogP contribution is -2.47. The van der Waals surface area contributed by atoms with Crippen molar-refractivity contribution in [2.75, 3.05) is 13.2 Å². The van der Waals surface area contributed by atoms with E-state index in [2.05, 4.69) is 15.8 Å². The molecule has 0 aliphatic carbocycles. The maximum absolute atomic E-state index is 13.0. The van der Waals surface area contributed by atoms with Crippen LogP contribution in [0.15, 0.2) is 53.6 Å². The zero-order valence-electron chi connectivity index (χ0n) is 22.6. The molecule has 2 amide bonds. The molecule has 2 N–H and O–H groups in total. The summed E-state index contributed by atoms with van der Waals surface area (Å²) < 4.78 is 12.6. The van der Waals surface area contributed by atoms with Gasteiger partial charge in [-0.1, -0.05) is 50.2 Å². The number of hydrogen-bond acceptors (Lipinski definition) is 6. The third kappa shape index (κ3) is 7.44. The van der Waals surface area contributed by atoms with E-state index in [-0.39, 0.29) is 25.0 Å². The summed E-state index contributed by atoms with van der Waals surface area (Å²) in [5.74, 6) is -0.361. The van der Waals surface area contributed by atoms with E-state index in [4.69, 9.17) is 9.47 Å². The second-order valence-electron chi connectivity index (χ2n) is 9.45. The van der Waals surface area contributed by atoms with Crippen LogP contribution in [0, 0.1) is 19.8 Å². The summed E-state index contributed by atoms with van der Waals surface area (Å²) >= 11 is 0. The van der Waals surface area contributed by atoms with Gasteiger partial charge >= 0.3 is 5.97 Å². The average Bonchev–Trinajstić information content (AvgIpc) is 3.13. The number of hydrazone groups is 1. The second kappa shape index (κ2) is 13.4. The third-order valence-corrected chi connectivity index (χ3v) is 6.05. The summed E-state index contributed by atoms with van der Waals surface area (Å²) in [6.07, 6.45) is 2.00. The van der Waals surface area contributed by atoms with Crippen LogP contribution >= 0.6 is 0 Å². The monoisotopic (exact) mass is 520 g/mol. The highest BCUT2D eigenvalue weighted by molar-refractivity contribution is 6.02. The summed E-state index contributed by atoms with van der Waals surface area (Å²) in [6.45, 7) is 9.69. The van der Waals surface area contributed by atoms with Gasteiger partial charge in [0.2, 0.25) is 0 Å². The molecule has 0 radical (unpaired) electrons. The Bertz CT molecular complexity index is 1310. The molecular weight excluding hydrogens is 484 g/mol. The van der Waals surface area contributed by atoms with E-state index < -0.39 is 17.9 Å². The molecule has 9 nitrogen and oxygen atoms in total. The molecule has 0 unspecified atom stereocenters. The van der Waals surface area contributed by atoms with Gasteiger partial charge in [0.15, 0.2) is 6.61 Å². The molecular formula is C29H36N4O5. The molecule has 202 valence electrons. The van der Waals surface area contributed by atoms with Gasteiger partial charge in [0.25, 0.3) is 11.8 Å². The number of carbonyl (C=O) groups is 3.